The van der Waals surface area contributed by atoms with Crippen LogP contribution in [0.2, 0.25) is 0 Å². The van der Waals surface area contributed by atoms with Crippen LogP contribution in [0.5, 0.6) is 0 Å². The number of guanidine groups is 1. The number of likely N-dealkylation sites (tertiary alicyclic amines) is 1. The third kappa shape index (κ3) is 6.70. The number of para-hydroxylation sites is 1. The Kier molecular flexibility index (Phi) is 10.1. The summed E-state index contributed by atoms with van der Waals surface area (Å²) in [5.41, 5.74) is 4.50. The van der Waals surface area contributed by atoms with Crippen LogP contribution in [0.4, 0.5) is 0 Å². The minimum atomic E-state index is 0. The third-order valence-corrected chi connectivity index (χ3v) is 5.90. The molecule has 1 aromatic carbocycles. The predicted octanol–water partition coefficient (Wildman–Crippen LogP) is 3.89. The van der Waals surface area contributed by atoms with Gasteiger partial charge in [0.15, 0.2) is 5.96 Å². The van der Waals surface area contributed by atoms with Gasteiger partial charge in [-0.3, -0.25) is 4.99 Å². The number of aryl methyl sites for hydroxylation is 2. The lowest BCUT2D eigenvalue weighted by molar-refractivity contribution is 0.187. The molecule has 1 saturated heterocycles. The molecule has 3 rings (SSSR count). The topological polar surface area (TPSA) is 57.5 Å². The van der Waals surface area contributed by atoms with E-state index in [1.54, 1.807) is 0 Å². The van der Waals surface area contributed by atoms with E-state index < -0.39 is 0 Å². The number of aromatic nitrogens is 2. The number of nitrogens with zero attached hydrogens (tertiary/aromatic N) is 4. The SMILES string of the molecule is CCN1CCC(CCNC(=NC)NCc2ccccc2-n2nc(C)cc2C)CC1.I. The van der Waals surface area contributed by atoms with Gasteiger partial charge in [0, 0.05) is 25.8 Å². The largest absolute Gasteiger partial charge is 0.356 e. The standard InChI is InChI=1S/C23H36N6.HI/c1-5-28-14-11-20(12-15-28)10-13-25-23(24-4)26-17-21-8-6-7-9-22(21)29-19(3)16-18(2)27-29;/h6-9,16,20H,5,10-15,17H2,1-4H3,(H2,24,25,26);1H. The highest BCUT2D eigenvalue weighted by atomic mass is 127. The maximum atomic E-state index is 4.64. The van der Waals surface area contributed by atoms with Crippen molar-refractivity contribution >= 4 is 29.9 Å². The number of hydrogen-bond donors (Lipinski definition) is 2. The Morgan fingerprint density at radius 2 is 1.90 bits per heavy atom. The lowest BCUT2D eigenvalue weighted by atomic mass is 9.93. The summed E-state index contributed by atoms with van der Waals surface area (Å²) in [6, 6.07) is 10.5. The molecule has 1 aliphatic rings. The van der Waals surface area contributed by atoms with E-state index in [-0.39, 0.29) is 24.0 Å². The molecule has 0 radical (unpaired) electrons. The van der Waals surface area contributed by atoms with Crippen LogP contribution >= 0.6 is 24.0 Å². The zero-order valence-corrected chi connectivity index (χ0v) is 21.1. The molecule has 1 aliphatic heterocycles. The van der Waals surface area contributed by atoms with E-state index in [0.29, 0.717) is 6.54 Å². The Morgan fingerprint density at radius 1 is 1.17 bits per heavy atom. The molecular weight excluding hydrogens is 487 g/mol. The Morgan fingerprint density at radius 3 is 2.53 bits per heavy atom. The number of rotatable bonds is 7. The van der Waals surface area contributed by atoms with Gasteiger partial charge in [0.1, 0.15) is 0 Å². The van der Waals surface area contributed by atoms with Crippen LogP contribution in [0.1, 0.15) is 43.1 Å². The van der Waals surface area contributed by atoms with Crippen LogP contribution in [0.15, 0.2) is 35.3 Å². The molecule has 2 heterocycles. The molecule has 2 aromatic rings. The number of halogens is 1. The minimum absolute atomic E-state index is 0. The Balaban J connectivity index is 0.00000320. The summed E-state index contributed by atoms with van der Waals surface area (Å²) in [5, 5.41) is 11.6. The van der Waals surface area contributed by atoms with Gasteiger partial charge in [-0.1, -0.05) is 25.1 Å². The first-order valence-corrected chi connectivity index (χ1v) is 10.9. The molecule has 1 fully saturated rings. The molecule has 0 atom stereocenters. The van der Waals surface area contributed by atoms with Gasteiger partial charge in [-0.2, -0.15) is 5.10 Å². The molecule has 166 valence electrons. The predicted molar refractivity (Wildman–Crippen MR) is 136 cm³/mol. The lowest BCUT2D eigenvalue weighted by Gasteiger charge is -2.31. The molecule has 0 aliphatic carbocycles. The van der Waals surface area contributed by atoms with Gasteiger partial charge in [0.05, 0.1) is 11.4 Å². The van der Waals surface area contributed by atoms with Crippen molar-refractivity contribution in [3.63, 3.8) is 0 Å². The molecule has 7 heteroatoms. The van der Waals surface area contributed by atoms with Gasteiger partial charge in [-0.15, -0.1) is 24.0 Å². The molecule has 1 aromatic heterocycles. The first-order chi connectivity index (χ1) is 14.1. The molecule has 0 bridgehead atoms. The Hall–Kier alpha value is -1.61. The van der Waals surface area contributed by atoms with Crippen molar-refractivity contribution in [2.24, 2.45) is 10.9 Å². The summed E-state index contributed by atoms with van der Waals surface area (Å²) >= 11 is 0. The van der Waals surface area contributed by atoms with Crippen molar-refractivity contribution < 1.29 is 0 Å². The van der Waals surface area contributed by atoms with Crippen molar-refractivity contribution in [2.45, 2.75) is 46.6 Å². The zero-order valence-electron chi connectivity index (χ0n) is 18.8. The molecular formula is C23H37IN6. The maximum Gasteiger partial charge on any atom is 0.191 e. The molecule has 0 unspecified atom stereocenters. The van der Waals surface area contributed by atoms with E-state index in [1.807, 2.05) is 18.7 Å². The number of nitrogens with one attached hydrogen (secondary N) is 2. The van der Waals surface area contributed by atoms with E-state index in [4.69, 9.17) is 0 Å². The molecule has 2 N–H and O–H groups in total. The molecule has 6 nitrogen and oxygen atoms in total. The fourth-order valence-corrected chi connectivity index (χ4v) is 4.13. The Bertz CT molecular complexity index is 808. The van der Waals surface area contributed by atoms with Crippen molar-refractivity contribution in [1.29, 1.82) is 0 Å². The normalized spacial score (nSPS) is 15.7. The average molecular weight is 524 g/mol. The van der Waals surface area contributed by atoms with Gasteiger partial charge in [-0.05, 0) is 76.4 Å². The third-order valence-electron chi connectivity index (χ3n) is 5.90. The van der Waals surface area contributed by atoms with E-state index in [0.717, 1.165) is 35.5 Å². The number of hydrogen-bond acceptors (Lipinski definition) is 3. The van der Waals surface area contributed by atoms with E-state index in [9.17, 15) is 0 Å². The maximum absolute atomic E-state index is 4.64. The monoisotopic (exact) mass is 524 g/mol. The fourth-order valence-electron chi connectivity index (χ4n) is 4.13. The van der Waals surface area contributed by atoms with Crippen LogP contribution in [0.25, 0.3) is 5.69 Å². The molecule has 30 heavy (non-hydrogen) atoms. The fraction of sp³-hybridized carbons (Fsp3) is 0.565. The second-order valence-electron chi connectivity index (χ2n) is 7.99. The van der Waals surface area contributed by atoms with Crippen LogP contribution in [-0.4, -0.2) is 53.9 Å². The summed E-state index contributed by atoms with van der Waals surface area (Å²) in [6.07, 6.45) is 3.84. The summed E-state index contributed by atoms with van der Waals surface area (Å²) < 4.78 is 2.02. The zero-order chi connectivity index (χ0) is 20.6. The van der Waals surface area contributed by atoms with E-state index in [2.05, 4.69) is 69.8 Å². The molecule has 0 saturated carbocycles. The summed E-state index contributed by atoms with van der Waals surface area (Å²) in [4.78, 5) is 6.95. The number of benzene rings is 1. The van der Waals surface area contributed by atoms with Crippen LogP contribution in [0.3, 0.4) is 0 Å². The first kappa shape index (κ1) is 24.7. The van der Waals surface area contributed by atoms with Gasteiger partial charge in [0.25, 0.3) is 0 Å². The number of piperidine rings is 1. The van der Waals surface area contributed by atoms with Gasteiger partial charge in [0.2, 0.25) is 0 Å². The van der Waals surface area contributed by atoms with Crippen molar-refractivity contribution in [2.75, 3.05) is 33.2 Å². The van der Waals surface area contributed by atoms with Gasteiger partial charge >= 0.3 is 0 Å². The van der Waals surface area contributed by atoms with Gasteiger partial charge < -0.3 is 15.5 Å². The van der Waals surface area contributed by atoms with E-state index >= 15 is 0 Å². The number of aliphatic imine (C=N–C) groups is 1. The molecule has 0 spiro atoms. The Labute approximate surface area is 198 Å². The average Bonchev–Trinajstić information content (AvgIpc) is 3.09. The van der Waals surface area contributed by atoms with Crippen molar-refractivity contribution in [3.05, 3.63) is 47.3 Å². The molecule has 0 amide bonds. The summed E-state index contributed by atoms with van der Waals surface area (Å²) in [7, 11) is 1.84. The van der Waals surface area contributed by atoms with Crippen LogP contribution in [-0.2, 0) is 6.54 Å². The first-order valence-electron chi connectivity index (χ1n) is 10.9. The van der Waals surface area contributed by atoms with Crippen molar-refractivity contribution in [3.8, 4) is 5.69 Å². The second kappa shape index (κ2) is 12.3. The second-order valence-corrected chi connectivity index (χ2v) is 7.99. The highest BCUT2D eigenvalue weighted by molar-refractivity contribution is 14.0. The van der Waals surface area contributed by atoms with Crippen LogP contribution in [0, 0.1) is 19.8 Å². The highest BCUT2D eigenvalue weighted by Crippen LogP contribution is 2.19. The smallest absolute Gasteiger partial charge is 0.191 e. The highest BCUT2D eigenvalue weighted by Gasteiger charge is 2.17. The van der Waals surface area contributed by atoms with Crippen LogP contribution < -0.4 is 10.6 Å². The summed E-state index contributed by atoms with van der Waals surface area (Å²) in [6.45, 7) is 11.7. The lowest BCUT2D eigenvalue weighted by Crippen LogP contribution is -2.39. The summed E-state index contributed by atoms with van der Waals surface area (Å²) in [5.74, 6) is 1.69. The quantitative estimate of drug-likeness (QED) is 0.328. The van der Waals surface area contributed by atoms with E-state index in [1.165, 1.54) is 44.5 Å². The van der Waals surface area contributed by atoms with Crippen molar-refractivity contribution in [1.82, 2.24) is 25.3 Å². The minimum Gasteiger partial charge on any atom is -0.356 e. The van der Waals surface area contributed by atoms with Gasteiger partial charge in [-0.25, -0.2) is 4.68 Å².